The van der Waals surface area contributed by atoms with E-state index in [4.69, 9.17) is 0 Å². The molecule has 1 saturated heterocycles. The highest BCUT2D eigenvalue weighted by Crippen LogP contribution is 2.38. The summed E-state index contributed by atoms with van der Waals surface area (Å²) in [6.45, 7) is 6.87. The zero-order valence-corrected chi connectivity index (χ0v) is 10.7. The SMILES string of the molecule is CC(O)c1c(F)cccc1N1CCCC1(C)C. The van der Waals surface area contributed by atoms with E-state index in [1.165, 1.54) is 6.07 Å². The number of rotatable bonds is 2. The van der Waals surface area contributed by atoms with E-state index >= 15 is 0 Å². The first-order valence-electron chi connectivity index (χ1n) is 6.17. The van der Waals surface area contributed by atoms with Crippen molar-refractivity contribution in [2.75, 3.05) is 11.4 Å². The molecule has 1 aliphatic heterocycles. The second-order valence-electron chi connectivity index (χ2n) is 5.42. The summed E-state index contributed by atoms with van der Waals surface area (Å²) in [5, 5.41) is 9.75. The standard InChI is InChI=1S/C14H20FNO/c1-10(17)13-11(15)6-4-7-12(13)16-9-5-8-14(16,2)3/h4,6-7,10,17H,5,8-9H2,1-3H3. The Labute approximate surface area is 102 Å². The number of hydrogen-bond acceptors (Lipinski definition) is 2. The molecule has 0 aliphatic carbocycles. The topological polar surface area (TPSA) is 23.5 Å². The highest BCUT2D eigenvalue weighted by Gasteiger charge is 2.34. The molecule has 1 heterocycles. The van der Waals surface area contributed by atoms with Gasteiger partial charge in [0.15, 0.2) is 0 Å². The van der Waals surface area contributed by atoms with Crippen LogP contribution in [0.1, 0.15) is 45.3 Å². The van der Waals surface area contributed by atoms with Gasteiger partial charge in [0.2, 0.25) is 0 Å². The van der Waals surface area contributed by atoms with Crippen LogP contribution in [0.15, 0.2) is 18.2 Å². The van der Waals surface area contributed by atoms with Crippen molar-refractivity contribution in [2.45, 2.75) is 45.3 Å². The fourth-order valence-electron chi connectivity index (χ4n) is 2.73. The van der Waals surface area contributed by atoms with Crippen LogP contribution < -0.4 is 4.90 Å². The van der Waals surface area contributed by atoms with Gasteiger partial charge >= 0.3 is 0 Å². The van der Waals surface area contributed by atoms with Gasteiger partial charge in [-0.25, -0.2) is 4.39 Å². The first kappa shape index (κ1) is 12.4. The van der Waals surface area contributed by atoms with Gasteiger partial charge in [0.25, 0.3) is 0 Å². The lowest BCUT2D eigenvalue weighted by molar-refractivity contribution is 0.194. The molecule has 1 aromatic rings. The second-order valence-corrected chi connectivity index (χ2v) is 5.42. The number of halogens is 1. The van der Waals surface area contributed by atoms with E-state index in [0.29, 0.717) is 5.56 Å². The summed E-state index contributed by atoms with van der Waals surface area (Å²) in [5.74, 6) is -0.319. The van der Waals surface area contributed by atoms with Crippen molar-refractivity contribution in [2.24, 2.45) is 0 Å². The molecule has 2 nitrogen and oxygen atoms in total. The summed E-state index contributed by atoms with van der Waals surface area (Å²) in [7, 11) is 0. The monoisotopic (exact) mass is 237 g/mol. The Hall–Kier alpha value is -1.09. The minimum absolute atomic E-state index is 0.0391. The number of aliphatic hydroxyl groups excluding tert-OH is 1. The van der Waals surface area contributed by atoms with Crippen molar-refractivity contribution in [3.8, 4) is 0 Å². The first-order chi connectivity index (χ1) is 7.93. The maximum Gasteiger partial charge on any atom is 0.131 e. The average Bonchev–Trinajstić information content (AvgIpc) is 2.57. The zero-order valence-electron chi connectivity index (χ0n) is 10.7. The highest BCUT2D eigenvalue weighted by atomic mass is 19.1. The third-order valence-electron chi connectivity index (χ3n) is 3.64. The fourth-order valence-corrected chi connectivity index (χ4v) is 2.73. The molecule has 0 bridgehead atoms. The molecule has 0 radical (unpaired) electrons. The maximum absolute atomic E-state index is 13.8. The Balaban J connectivity index is 2.48. The van der Waals surface area contributed by atoms with Crippen molar-refractivity contribution >= 4 is 5.69 Å². The lowest BCUT2D eigenvalue weighted by Crippen LogP contribution is -2.39. The fraction of sp³-hybridized carbons (Fsp3) is 0.571. The summed E-state index contributed by atoms with van der Waals surface area (Å²) in [5.41, 5.74) is 1.29. The molecule has 3 heteroatoms. The van der Waals surface area contributed by atoms with Crippen LogP contribution in [0.3, 0.4) is 0 Å². The molecule has 1 aromatic carbocycles. The van der Waals surface area contributed by atoms with Crippen molar-refractivity contribution < 1.29 is 9.50 Å². The average molecular weight is 237 g/mol. The molecule has 2 rings (SSSR count). The van der Waals surface area contributed by atoms with Gasteiger partial charge in [-0.05, 0) is 45.7 Å². The Morgan fingerprint density at radius 2 is 2.12 bits per heavy atom. The molecule has 0 aromatic heterocycles. The molecular formula is C14H20FNO. The molecule has 0 amide bonds. The van der Waals surface area contributed by atoms with Crippen LogP contribution in [-0.4, -0.2) is 17.2 Å². The third-order valence-corrected chi connectivity index (χ3v) is 3.64. The van der Waals surface area contributed by atoms with E-state index in [0.717, 1.165) is 25.1 Å². The Morgan fingerprint density at radius 3 is 2.65 bits per heavy atom. The summed E-state index contributed by atoms with van der Waals surface area (Å²) < 4.78 is 13.8. The Morgan fingerprint density at radius 1 is 1.41 bits per heavy atom. The summed E-state index contributed by atoms with van der Waals surface area (Å²) in [6, 6.07) is 5.03. The highest BCUT2D eigenvalue weighted by molar-refractivity contribution is 5.57. The summed E-state index contributed by atoms with van der Waals surface area (Å²) >= 11 is 0. The summed E-state index contributed by atoms with van der Waals surface area (Å²) in [6.07, 6.45) is 1.44. The van der Waals surface area contributed by atoms with Crippen molar-refractivity contribution in [3.05, 3.63) is 29.6 Å². The smallest absolute Gasteiger partial charge is 0.131 e. The van der Waals surface area contributed by atoms with E-state index in [1.807, 2.05) is 6.07 Å². The van der Waals surface area contributed by atoms with Gasteiger partial charge in [-0.1, -0.05) is 6.07 Å². The lowest BCUT2D eigenvalue weighted by atomic mass is 9.99. The Bertz CT molecular complexity index is 415. The molecule has 94 valence electrons. The molecule has 1 N–H and O–H groups in total. The largest absolute Gasteiger partial charge is 0.389 e. The molecule has 1 fully saturated rings. The van der Waals surface area contributed by atoms with Crippen LogP contribution in [0.2, 0.25) is 0 Å². The van der Waals surface area contributed by atoms with Crippen LogP contribution in [0.25, 0.3) is 0 Å². The third kappa shape index (κ3) is 2.16. The van der Waals surface area contributed by atoms with Gasteiger partial charge in [0.05, 0.1) is 6.10 Å². The van der Waals surface area contributed by atoms with Crippen LogP contribution in [0.4, 0.5) is 10.1 Å². The molecule has 0 saturated carbocycles. The van der Waals surface area contributed by atoms with Gasteiger partial charge in [0.1, 0.15) is 5.82 Å². The molecule has 1 atom stereocenters. The quantitative estimate of drug-likeness (QED) is 0.853. The van der Waals surface area contributed by atoms with E-state index in [1.54, 1.807) is 13.0 Å². The number of benzene rings is 1. The van der Waals surface area contributed by atoms with Crippen molar-refractivity contribution in [1.29, 1.82) is 0 Å². The Kier molecular flexibility index (Phi) is 3.13. The predicted molar refractivity (Wildman–Crippen MR) is 67.7 cm³/mol. The number of hydrogen-bond donors (Lipinski definition) is 1. The summed E-state index contributed by atoms with van der Waals surface area (Å²) in [4.78, 5) is 2.21. The van der Waals surface area contributed by atoms with Gasteiger partial charge in [-0.15, -0.1) is 0 Å². The normalized spacial score (nSPS) is 20.6. The van der Waals surface area contributed by atoms with E-state index in [9.17, 15) is 9.50 Å². The molecule has 1 unspecified atom stereocenters. The van der Waals surface area contributed by atoms with Gasteiger partial charge in [-0.3, -0.25) is 0 Å². The zero-order chi connectivity index (χ0) is 12.6. The van der Waals surface area contributed by atoms with Gasteiger partial charge < -0.3 is 10.0 Å². The minimum Gasteiger partial charge on any atom is -0.389 e. The van der Waals surface area contributed by atoms with Crippen LogP contribution in [0, 0.1) is 5.82 Å². The number of anilines is 1. The lowest BCUT2D eigenvalue weighted by Gasteiger charge is -2.35. The number of nitrogens with zero attached hydrogens (tertiary/aromatic N) is 1. The van der Waals surface area contributed by atoms with E-state index in [-0.39, 0.29) is 11.4 Å². The van der Waals surface area contributed by atoms with Crippen LogP contribution in [-0.2, 0) is 0 Å². The minimum atomic E-state index is -0.775. The van der Waals surface area contributed by atoms with Crippen LogP contribution in [0.5, 0.6) is 0 Å². The van der Waals surface area contributed by atoms with Gasteiger partial charge in [-0.2, -0.15) is 0 Å². The van der Waals surface area contributed by atoms with Crippen molar-refractivity contribution in [1.82, 2.24) is 0 Å². The van der Waals surface area contributed by atoms with Gasteiger partial charge in [0, 0.05) is 23.3 Å². The second kappa shape index (κ2) is 4.30. The van der Waals surface area contributed by atoms with E-state index < -0.39 is 6.10 Å². The molecular weight excluding hydrogens is 217 g/mol. The van der Waals surface area contributed by atoms with Crippen LogP contribution >= 0.6 is 0 Å². The predicted octanol–water partition coefficient (Wildman–Crippen LogP) is 3.26. The molecule has 0 spiro atoms. The first-order valence-corrected chi connectivity index (χ1v) is 6.17. The molecule has 17 heavy (non-hydrogen) atoms. The molecule has 1 aliphatic rings. The van der Waals surface area contributed by atoms with E-state index in [2.05, 4.69) is 18.7 Å². The maximum atomic E-state index is 13.8. The number of aliphatic hydroxyl groups is 1. The van der Waals surface area contributed by atoms with Crippen molar-refractivity contribution in [3.63, 3.8) is 0 Å².